The van der Waals surface area contributed by atoms with Crippen LogP contribution in [0.2, 0.25) is 5.02 Å². The molecule has 2 spiro atoms. The third-order valence-electron chi connectivity index (χ3n) is 7.37. The molecule has 0 bridgehead atoms. The second-order valence-corrected chi connectivity index (χ2v) is 10.3. The first kappa shape index (κ1) is 21.4. The van der Waals surface area contributed by atoms with Gasteiger partial charge in [0.1, 0.15) is 0 Å². The van der Waals surface area contributed by atoms with Crippen molar-refractivity contribution in [1.82, 2.24) is 14.7 Å². The molecule has 6 nitrogen and oxygen atoms in total. The Morgan fingerprint density at radius 3 is 2.50 bits per heavy atom. The number of halogens is 1. The molecular weight excluding hydrogens is 400 g/mol. The predicted octanol–water partition coefficient (Wildman–Crippen LogP) is 3.77. The Morgan fingerprint density at radius 2 is 1.90 bits per heavy atom. The molecule has 1 N–H and O–H groups in total. The number of carbonyl (C=O) groups is 2. The van der Waals surface area contributed by atoms with Crippen LogP contribution in [0.25, 0.3) is 0 Å². The summed E-state index contributed by atoms with van der Waals surface area (Å²) >= 11 is 6.03. The van der Waals surface area contributed by atoms with Crippen molar-refractivity contribution < 1.29 is 9.59 Å². The Labute approximate surface area is 184 Å². The van der Waals surface area contributed by atoms with Crippen LogP contribution in [0.4, 0.5) is 10.5 Å². The van der Waals surface area contributed by atoms with Crippen molar-refractivity contribution in [2.75, 3.05) is 51.6 Å². The minimum Gasteiger partial charge on any atom is -0.345 e. The molecule has 0 aliphatic carbocycles. The smallest absolute Gasteiger partial charge is 0.321 e. The largest absolute Gasteiger partial charge is 0.345 e. The highest BCUT2D eigenvalue weighted by molar-refractivity contribution is 6.30. The van der Waals surface area contributed by atoms with E-state index in [2.05, 4.69) is 24.1 Å². The number of amides is 3. The summed E-state index contributed by atoms with van der Waals surface area (Å²) < 4.78 is 0. The molecular formula is C23H33ClN4O2. The maximum absolute atomic E-state index is 13.3. The maximum Gasteiger partial charge on any atom is 0.321 e. The van der Waals surface area contributed by atoms with Crippen molar-refractivity contribution in [3.63, 3.8) is 0 Å². The lowest BCUT2D eigenvalue weighted by Gasteiger charge is -2.46. The van der Waals surface area contributed by atoms with E-state index in [9.17, 15) is 9.59 Å². The maximum atomic E-state index is 13.3. The molecule has 1 aromatic carbocycles. The number of likely N-dealkylation sites (tertiary alicyclic amines) is 3. The lowest BCUT2D eigenvalue weighted by molar-refractivity contribution is -0.141. The van der Waals surface area contributed by atoms with Crippen molar-refractivity contribution in [3.8, 4) is 0 Å². The van der Waals surface area contributed by atoms with Crippen LogP contribution in [0.3, 0.4) is 0 Å². The van der Waals surface area contributed by atoms with Gasteiger partial charge >= 0.3 is 6.03 Å². The van der Waals surface area contributed by atoms with Crippen LogP contribution in [-0.4, -0.2) is 73.0 Å². The Bertz CT molecular complexity index is 821. The quantitative estimate of drug-likeness (QED) is 0.790. The highest BCUT2D eigenvalue weighted by Gasteiger charge is 2.64. The van der Waals surface area contributed by atoms with E-state index in [1.165, 1.54) is 0 Å². The second kappa shape index (κ2) is 8.04. The highest BCUT2D eigenvalue weighted by atomic mass is 35.5. The Balaban J connectivity index is 1.48. The van der Waals surface area contributed by atoms with Gasteiger partial charge in [0.2, 0.25) is 5.91 Å². The number of urea groups is 1. The number of carbonyl (C=O) groups excluding carboxylic acids is 2. The molecule has 1 atom stereocenters. The molecule has 3 amide bonds. The number of benzene rings is 1. The summed E-state index contributed by atoms with van der Waals surface area (Å²) in [5.41, 5.74) is 0.392. The van der Waals surface area contributed by atoms with Gasteiger partial charge in [0, 0.05) is 62.4 Å². The van der Waals surface area contributed by atoms with Gasteiger partial charge in [-0.15, -0.1) is 0 Å². The molecule has 0 saturated carbocycles. The molecule has 3 aliphatic rings. The zero-order chi connectivity index (χ0) is 21.5. The van der Waals surface area contributed by atoms with Gasteiger partial charge < -0.3 is 20.0 Å². The van der Waals surface area contributed by atoms with Crippen molar-refractivity contribution in [1.29, 1.82) is 0 Å². The van der Waals surface area contributed by atoms with Gasteiger partial charge in [-0.3, -0.25) is 4.79 Å². The number of piperidine rings is 1. The van der Waals surface area contributed by atoms with E-state index in [0.717, 1.165) is 45.4 Å². The van der Waals surface area contributed by atoms with Crippen molar-refractivity contribution in [3.05, 3.63) is 29.3 Å². The van der Waals surface area contributed by atoms with Gasteiger partial charge in [-0.25, -0.2) is 4.79 Å². The third kappa shape index (κ3) is 3.69. The van der Waals surface area contributed by atoms with E-state index < -0.39 is 0 Å². The zero-order valence-electron chi connectivity index (χ0n) is 18.3. The molecule has 0 radical (unpaired) electrons. The molecule has 4 rings (SSSR count). The number of nitrogens with zero attached hydrogens (tertiary/aromatic N) is 3. The molecule has 1 unspecified atom stereocenters. The number of hydrogen-bond acceptors (Lipinski definition) is 3. The van der Waals surface area contributed by atoms with Gasteiger partial charge in [-0.1, -0.05) is 31.5 Å². The van der Waals surface area contributed by atoms with E-state index in [4.69, 9.17) is 11.6 Å². The highest BCUT2D eigenvalue weighted by Crippen LogP contribution is 2.57. The summed E-state index contributed by atoms with van der Waals surface area (Å²) in [6.07, 6.45) is 2.69. The van der Waals surface area contributed by atoms with E-state index in [0.29, 0.717) is 35.6 Å². The van der Waals surface area contributed by atoms with Crippen molar-refractivity contribution >= 4 is 29.2 Å². The van der Waals surface area contributed by atoms with Crippen molar-refractivity contribution in [2.45, 2.75) is 33.1 Å². The summed E-state index contributed by atoms with van der Waals surface area (Å²) in [7, 11) is 1.93. The minimum atomic E-state index is -0.286. The van der Waals surface area contributed by atoms with Gasteiger partial charge in [0.15, 0.2) is 0 Å². The Hall–Kier alpha value is -1.79. The first-order valence-corrected chi connectivity index (χ1v) is 11.4. The van der Waals surface area contributed by atoms with E-state index in [-0.39, 0.29) is 16.9 Å². The third-order valence-corrected chi connectivity index (χ3v) is 7.61. The molecule has 3 aliphatic heterocycles. The van der Waals surface area contributed by atoms with Crippen molar-refractivity contribution in [2.24, 2.45) is 16.7 Å². The summed E-state index contributed by atoms with van der Waals surface area (Å²) in [6.45, 7) is 9.54. The molecule has 0 aromatic heterocycles. The normalized spacial score (nSPS) is 26.4. The van der Waals surface area contributed by atoms with Crippen LogP contribution in [0.15, 0.2) is 24.3 Å². The zero-order valence-corrected chi connectivity index (χ0v) is 19.0. The van der Waals surface area contributed by atoms with Crippen LogP contribution < -0.4 is 5.32 Å². The summed E-state index contributed by atoms with van der Waals surface area (Å²) in [4.78, 5) is 32.4. The fourth-order valence-electron chi connectivity index (χ4n) is 5.94. The molecule has 7 heteroatoms. The average molecular weight is 433 g/mol. The number of rotatable bonds is 3. The first-order chi connectivity index (χ1) is 14.2. The second-order valence-electron chi connectivity index (χ2n) is 9.83. The average Bonchev–Trinajstić information content (AvgIpc) is 3.14. The van der Waals surface area contributed by atoms with E-state index in [1.54, 1.807) is 12.1 Å². The Morgan fingerprint density at radius 1 is 1.17 bits per heavy atom. The molecule has 1 aromatic rings. The number of anilines is 1. The number of nitrogens with one attached hydrogen (secondary N) is 1. The monoisotopic (exact) mass is 432 g/mol. The van der Waals surface area contributed by atoms with Crippen LogP contribution >= 0.6 is 11.6 Å². The Kier molecular flexibility index (Phi) is 5.75. The van der Waals surface area contributed by atoms with E-state index in [1.807, 2.05) is 29.0 Å². The lowest BCUT2D eigenvalue weighted by Crippen LogP contribution is -2.54. The fraction of sp³-hybridized carbons (Fsp3) is 0.652. The van der Waals surface area contributed by atoms with Gasteiger partial charge in [0.05, 0.1) is 5.41 Å². The fourth-order valence-corrected chi connectivity index (χ4v) is 6.13. The summed E-state index contributed by atoms with van der Waals surface area (Å²) in [6, 6.07) is 7.14. The van der Waals surface area contributed by atoms with E-state index >= 15 is 0 Å². The minimum absolute atomic E-state index is 0.0312. The summed E-state index contributed by atoms with van der Waals surface area (Å²) in [5, 5.41) is 3.56. The van der Waals surface area contributed by atoms with Crippen LogP contribution in [0.1, 0.15) is 33.1 Å². The number of fused-ring (bicyclic) bond motifs is 1. The summed E-state index contributed by atoms with van der Waals surface area (Å²) in [5.74, 6) is 0.889. The molecule has 3 fully saturated rings. The topological polar surface area (TPSA) is 55.9 Å². The SMILES string of the molecule is CC(C)CN1CC2(CCN(C(=O)Nc3cccc(Cl)c3)CC2)C2(CCN(C)C2=O)C1. The lowest BCUT2D eigenvalue weighted by atomic mass is 9.60. The van der Waals surface area contributed by atoms with Crippen LogP contribution in [-0.2, 0) is 4.79 Å². The van der Waals surface area contributed by atoms with Gasteiger partial charge in [-0.05, 0) is 43.4 Å². The van der Waals surface area contributed by atoms with Crippen LogP contribution in [0.5, 0.6) is 0 Å². The molecule has 164 valence electrons. The van der Waals surface area contributed by atoms with Gasteiger partial charge in [-0.2, -0.15) is 0 Å². The molecule has 3 heterocycles. The molecule has 3 saturated heterocycles. The molecule has 30 heavy (non-hydrogen) atoms. The standard InChI is InChI=1S/C23H33ClN4O2/c1-17(2)14-27-15-22(23(16-27)9-10-26(3)20(23)29)7-11-28(12-8-22)21(30)25-19-6-4-5-18(24)13-19/h4-6,13,17H,7-12,14-16H2,1-3H3,(H,25,30). The first-order valence-electron chi connectivity index (χ1n) is 11.0. The van der Waals surface area contributed by atoms with Crippen LogP contribution in [0, 0.1) is 16.7 Å². The van der Waals surface area contributed by atoms with Gasteiger partial charge in [0.25, 0.3) is 0 Å². The number of hydrogen-bond donors (Lipinski definition) is 1. The predicted molar refractivity (Wildman–Crippen MR) is 120 cm³/mol.